The number of halogens is 2. The normalized spacial score (nSPS) is 10.5. The number of hydrogen-bond donors (Lipinski definition) is 1. The second kappa shape index (κ2) is 7.04. The lowest BCUT2D eigenvalue weighted by atomic mass is 10.1. The number of nitrogens with zero attached hydrogens (tertiary/aromatic N) is 1. The van der Waals surface area contributed by atoms with E-state index in [1.807, 2.05) is 36.4 Å². The van der Waals surface area contributed by atoms with Gasteiger partial charge in [0.1, 0.15) is 0 Å². The average molecular weight is 357 g/mol. The van der Waals surface area contributed by atoms with Gasteiger partial charge < -0.3 is 5.32 Å². The summed E-state index contributed by atoms with van der Waals surface area (Å²) in [6, 6.07) is 18.5. The molecule has 3 aromatic rings. The highest BCUT2D eigenvalue weighted by Crippen LogP contribution is 2.30. The molecule has 5 heteroatoms. The number of pyridine rings is 1. The summed E-state index contributed by atoms with van der Waals surface area (Å²) in [5.74, 6) is -0.274. The highest BCUT2D eigenvalue weighted by molar-refractivity contribution is 6.44. The van der Waals surface area contributed by atoms with Crippen LogP contribution in [0.15, 0.2) is 60.7 Å². The molecule has 3 nitrogen and oxygen atoms in total. The van der Waals surface area contributed by atoms with Gasteiger partial charge in [-0.2, -0.15) is 0 Å². The van der Waals surface area contributed by atoms with Crippen LogP contribution in [0.5, 0.6) is 0 Å². The average Bonchev–Trinajstić information content (AvgIpc) is 2.59. The molecule has 0 radical (unpaired) electrons. The molecule has 0 fully saturated rings. The maximum absolute atomic E-state index is 12.5. The second-order valence-corrected chi connectivity index (χ2v) is 6.04. The Hall–Kier alpha value is -2.36. The first-order chi connectivity index (χ1) is 11.6. The van der Waals surface area contributed by atoms with Gasteiger partial charge >= 0.3 is 0 Å². The Kier molecular flexibility index (Phi) is 4.84. The Morgan fingerprint density at radius 3 is 2.42 bits per heavy atom. The van der Waals surface area contributed by atoms with E-state index in [4.69, 9.17) is 23.2 Å². The van der Waals surface area contributed by atoms with Crippen molar-refractivity contribution >= 4 is 34.8 Å². The fourth-order valence-electron chi connectivity index (χ4n) is 2.36. The number of rotatable bonds is 3. The second-order valence-electron chi connectivity index (χ2n) is 5.25. The lowest BCUT2D eigenvalue weighted by molar-refractivity contribution is 0.102. The minimum absolute atomic E-state index is 0.274. The van der Waals surface area contributed by atoms with Crippen LogP contribution in [0.25, 0.3) is 11.3 Å². The number of hydrogen-bond acceptors (Lipinski definition) is 2. The zero-order chi connectivity index (χ0) is 17.1. The molecular formula is C19H14Cl2N2O. The maximum atomic E-state index is 12.5. The first-order valence-corrected chi connectivity index (χ1v) is 8.10. The third kappa shape index (κ3) is 3.42. The third-order valence-corrected chi connectivity index (χ3v) is 4.42. The molecule has 1 amide bonds. The van der Waals surface area contributed by atoms with Gasteiger partial charge in [0.2, 0.25) is 0 Å². The zero-order valence-corrected chi connectivity index (χ0v) is 14.4. The van der Waals surface area contributed by atoms with E-state index in [1.165, 1.54) is 0 Å². The minimum atomic E-state index is -0.274. The first kappa shape index (κ1) is 16.5. The van der Waals surface area contributed by atoms with Crippen molar-refractivity contribution in [1.82, 2.24) is 4.98 Å². The van der Waals surface area contributed by atoms with Crippen LogP contribution in [0.2, 0.25) is 10.0 Å². The molecule has 2 aromatic carbocycles. The van der Waals surface area contributed by atoms with E-state index in [1.54, 1.807) is 31.2 Å². The standard InChI is InChI=1S/C19H14Cl2N2O/c1-12-14(10-11-16(22-12)13-6-3-2-4-7-13)19(24)23-17-9-5-8-15(20)18(17)21/h2-11H,1H3,(H,23,24). The Morgan fingerprint density at radius 1 is 0.958 bits per heavy atom. The molecule has 24 heavy (non-hydrogen) atoms. The van der Waals surface area contributed by atoms with Gasteiger partial charge in [0, 0.05) is 5.56 Å². The van der Waals surface area contributed by atoms with Gasteiger partial charge in [-0.15, -0.1) is 0 Å². The van der Waals surface area contributed by atoms with Crippen molar-refractivity contribution in [3.63, 3.8) is 0 Å². The highest BCUT2D eigenvalue weighted by atomic mass is 35.5. The molecule has 0 atom stereocenters. The molecule has 0 aliphatic rings. The lowest BCUT2D eigenvalue weighted by Crippen LogP contribution is -2.14. The van der Waals surface area contributed by atoms with Crippen molar-refractivity contribution in [2.75, 3.05) is 5.32 Å². The maximum Gasteiger partial charge on any atom is 0.257 e. The van der Waals surface area contributed by atoms with Crippen LogP contribution in [-0.4, -0.2) is 10.9 Å². The summed E-state index contributed by atoms with van der Waals surface area (Å²) in [6.45, 7) is 1.81. The van der Waals surface area contributed by atoms with Crippen LogP contribution in [-0.2, 0) is 0 Å². The van der Waals surface area contributed by atoms with Gasteiger partial charge in [0.15, 0.2) is 0 Å². The molecule has 0 saturated heterocycles. The molecule has 0 aliphatic carbocycles. The minimum Gasteiger partial charge on any atom is -0.321 e. The van der Waals surface area contributed by atoms with Gasteiger partial charge in [0.05, 0.1) is 32.7 Å². The van der Waals surface area contributed by atoms with Crippen molar-refractivity contribution in [2.45, 2.75) is 6.92 Å². The van der Waals surface area contributed by atoms with Gasteiger partial charge in [-0.05, 0) is 31.2 Å². The van der Waals surface area contributed by atoms with Crippen molar-refractivity contribution in [3.05, 3.63) is 82.0 Å². The van der Waals surface area contributed by atoms with Crippen LogP contribution >= 0.6 is 23.2 Å². The molecule has 0 saturated carbocycles. The van der Waals surface area contributed by atoms with E-state index in [0.29, 0.717) is 27.0 Å². The van der Waals surface area contributed by atoms with Crippen LogP contribution in [0, 0.1) is 6.92 Å². The number of anilines is 1. The quantitative estimate of drug-likeness (QED) is 0.661. The van der Waals surface area contributed by atoms with Gasteiger partial charge in [-0.25, -0.2) is 0 Å². The Morgan fingerprint density at radius 2 is 1.71 bits per heavy atom. The summed E-state index contributed by atoms with van der Waals surface area (Å²) in [7, 11) is 0. The van der Waals surface area contributed by atoms with Crippen LogP contribution in [0.1, 0.15) is 16.1 Å². The lowest BCUT2D eigenvalue weighted by Gasteiger charge is -2.10. The Bertz CT molecular complexity index is 895. The number of amides is 1. The molecule has 0 aliphatic heterocycles. The van der Waals surface area contributed by atoms with Crippen molar-refractivity contribution < 1.29 is 4.79 Å². The largest absolute Gasteiger partial charge is 0.321 e. The van der Waals surface area contributed by atoms with E-state index in [9.17, 15) is 4.79 Å². The van der Waals surface area contributed by atoms with Crippen molar-refractivity contribution in [2.24, 2.45) is 0 Å². The SMILES string of the molecule is Cc1nc(-c2ccccc2)ccc1C(=O)Nc1cccc(Cl)c1Cl. The van der Waals surface area contributed by atoms with Crippen LogP contribution in [0.3, 0.4) is 0 Å². The Balaban J connectivity index is 1.87. The third-order valence-electron chi connectivity index (χ3n) is 3.60. The summed E-state index contributed by atoms with van der Waals surface area (Å²) in [6.07, 6.45) is 0. The fourth-order valence-corrected chi connectivity index (χ4v) is 2.71. The number of aryl methyl sites for hydroxylation is 1. The molecule has 1 heterocycles. The molecule has 120 valence electrons. The number of benzene rings is 2. The number of carbonyl (C=O) groups is 1. The zero-order valence-electron chi connectivity index (χ0n) is 12.9. The molecule has 1 aromatic heterocycles. The van der Waals surface area contributed by atoms with Gasteiger partial charge in [0.25, 0.3) is 5.91 Å². The van der Waals surface area contributed by atoms with Gasteiger partial charge in [-0.3, -0.25) is 9.78 Å². The van der Waals surface area contributed by atoms with Crippen LogP contribution in [0.4, 0.5) is 5.69 Å². The van der Waals surface area contributed by atoms with E-state index in [0.717, 1.165) is 11.3 Å². The molecule has 1 N–H and O–H groups in total. The van der Waals surface area contributed by atoms with Crippen LogP contribution < -0.4 is 5.32 Å². The summed E-state index contributed by atoms with van der Waals surface area (Å²) >= 11 is 12.1. The molecule has 0 spiro atoms. The van der Waals surface area contributed by atoms with Crippen molar-refractivity contribution in [3.8, 4) is 11.3 Å². The summed E-state index contributed by atoms with van der Waals surface area (Å²) in [5.41, 5.74) is 3.44. The van der Waals surface area contributed by atoms with Gasteiger partial charge in [-0.1, -0.05) is 59.6 Å². The molecule has 3 rings (SSSR count). The van der Waals surface area contributed by atoms with E-state index in [-0.39, 0.29) is 5.91 Å². The predicted molar refractivity (Wildman–Crippen MR) is 98.8 cm³/mol. The fraction of sp³-hybridized carbons (Fsp3) is 0.0526. The summed E-state index contributed by atoms with van der Waals surface area (Å²) < 4.78 is 0. The smallest absolute Gasteiger partial charge is 0.257 e. The molecule has 0 bridgehead atoms. The monoisotopic (exact) mass is 356 g/mol. The Labute approximate surface area is 150 Å². The topological polar surface area (TPSA) is 42.0 Å². The van der Waals surface area contributed by atoms with E-state index >= 15 is 0 Å². The number of carbonyl (C=O) groups excluding carboxylic acids is 1. The molecular weight excluding hydrogens is 343 g/mol. The van der Waals surface area contributed by atoms with Crippen molar-refractivity contribution in [1.29, 1.82) is 0 Å². The molecule has 0 unspecified atom stereocenters. The number of nitrogens with one attached hydrogen (secondary N) is 1. The van der Waals surface area contributed by atoms with E-state index in [2.05, 4.69) is 10.3 Å². The summed E-state index contributed by atoms with van der Waals surface area (Å²) in [5, 5.41) is 3.48. The summed E-state index contributed by atoms with van der Waals surface area (Å²) in [4.78, 5) is 17.0. The first-order valence-electron chi connectivity index (χ1n) is 7.34. The predicted octanol–water partition coefficient (Wildman–Crippen LogP) is 5.62. The highest BCUT2D eigenvalue weighted by Gasteiger charge is 2.14. The number of aromatic nitrogens is 1. The van der Waals surface area contributed by atoms with E-state index < -0.39 is 0 Å².